The molecule has 2 nitrogen and oxygen atoms in total. The van der Waals surface area contributed by atoms with E-state index in [0.29, 0.717) is 6.42 Å². The zero-order chi connectivity index (χ0) is 12.3. The number of hydrogen-bond donors (Lipinski definition) is 1. The zero-order valence-corrected chi connectivity index (χ0v) is 9.17. The molecule has 1 rings (SSSR count). The summed E-state index contributed by atoms with van der Waals surface area (Å²) >= 11 is 0. The number of nitrogens with zero attached hydrogens (tertiary/aromatic N) is 1. The van der Waals surface area contributed by atoms with Crippen LogP contribution in [0.25, 0.3) is 0 Å². The summed E-state index contributed by atoms with van der Waals surface area (Å²) < 4.78 is 26.0. The lowest BCUT2D eigenvalue weighted by molar-refractivity contribution is 0.0145. The fourth-order valence-electron chi connectivity index (χ4n) is 1.66. The molecular formula is C12H13F2NO. The molecule has 4 heteroatoms. The van der Waals surface area contributed by atoms with Crippen molar-refractivity contribution in [3.8, 4) is 6.07 Å². The van der Waals surface area contributed by atoms with E-state index in [1.807, 2.05) is 6.07 Å². The van der Waals surface area contributed by atoms with Crippen LogP contribution in [0, 0.1) is 28.9 Å². The Labute approximate surface area is 93.1 Å². The summed E-state index contributed by atoms with van der Waals surface area (Å²) in [5.74, 6) is -2.22. The molecule has 0 aliphatic rings. The average molecular weight is 225 g/mol. The van der Waals surface area contributed by atoms with Crippen molar-refractivity contribution in [1.29, 1.82) is 5.26 Å². The Hall–Kier alpha value is -1.47. The first-order valence-electron chi connectivity index (χ1n) is 5.00. The number of benzene rings is 1. The predicted octanol–water partition coefficient (Wildman–Crippen LogP) is 2.72. The van der Waals surface area contributed by atoms with E-state index in [4.69, 9.17) is 5.26 Å². The molecule has 0 aliphatic heterocycles. The van der Waals surface area contributed by atoms with Crippen molar-refractivity contribution in [2.45, 2.75) is 25.9 Å². The van der Waals surface area contributed by atoms with Crippen LogP contribution in [0.5, 0.6) is 0 Å². The van der Waals surface area contributed by atoms with Crippen molar-refractivity contribution < 1.29 is 13.9 Å². The summed E-state index contributed by atoms with van der Waals surface area (Å²) in [6, 6.07) is 4.75. The minimum atomic E-state index is -1.55. The van der Waals surface area contributed by atoms with Gasteiger partial charge in [0, 0.05) is 6.07 Å². The molecule has 2 unspecified atom stereocenters. The maximum absolute atomic E-state index is 13.0. The highest BCUT2D eigenvalue weighted by atomic mass is 19.1. The van der Waals surface area contributed by atoms with Crippen LogP contribution < -0.4 is 0 Å². The van der Waals surface area contributed by atoms with Gasteiger partial charge in [0.2, 0.25) is 0 Å². The summed E-state index contributed by atoms with van der Waals surface area (Å²) in [6.45, 7) is 3.12. The summed E-state index contributed by atoms with van der Waals surface area (Å²) in [7, 11) is 0. The molecule has 0 fully saturated rings. The van der Waals surface area contributed by atoms with Gasteiger partial charge in [0.25, 0.3) is 0 Å². The molecule has 1 aromatic carbocycles. The number of rotatable bonds is 3. The average Bonchev–Trinajstić information content (AvgIpc) is 2.17. The largest absolute Gasteiger partial charge is 0.384 e. The molecule has 0 bridgehead atoms. The van der Waals surface area contributed by atoms with E-state index in [-0.39, 0.29) is 5.56 Å². The molecule has 1 N–H and O–H groups in total. The summed E-state index contributed by atoms with van der Waals surface area (Å²) in [4.78, 5) is 0. The van der Waals surface area contributed by atoms with Gasteiger partial charge in [0.15, 0.2) is 0 Å². The third-order valence-electron chi connectivity index (χ3n) is 2.69. The van der Waals surface area contributed by atoms with Crippen LogP contribution in [0.2, 0.25) is 0 Å². The van der Waals surface area contributed by atoms with Crippen LogP contribution in [0.15, 0.2) is 18.2 Å². The lowest BCUT2D eigenvalue weighted by atomic mass is 9.82. The number of hydrogen-bond acceptors (Lipinski definition) is 2. The third-order valence-corrected chi connectivity index (χ3v) is 2.69. The van der Waals surface area contributed by atoms with E-state index in [2.05, 4.69) is 0 Å². The van der Waals surface area contributed by atoms with Crippen LogP contribution >= 0.6 is 0 Å². The molecule has 0 saturated carbocycles. The van der Waals surface area contributed by atoms with Crippen LogP contribution in [0.3, 0.4) is 0 Å². The quantitative estimate of drug-likeness (QED) is 0.859. The van der Waals surface area contributed by atoms with Gasteiger partial charge in [-0.2, -0.15) is 5.26 Å². The molecule has 0 saturated heterocycles. The monoisotopic (exact) mass is 225 g/mol. The van der Waals surface area contributed by atoms with Gasteiger partial charge in [-0.15, -0.1) is 0 Å². The topological polar surface area (TPSA) is 44.0 Å². The van der Waals surface area contributed by atoms with Gasteiger partial charge < -0.3 is 5.11 Å². The van der Waals surface area contributed by atoms with Gasteiger partial charge in [0.05, 0.1) is 12.0 Å². The molecule has 86 valence electrons. The SMILES string of the molecule is CCC(C#N)C(C)(O)c1cc(F)cc(F)c1. The molecule has 0 spiro atoms. The lowest BCUT2D eigenvalue weighted by Crippen LogP contribution is -2.30. The standard InChI is InChI=1S/C12H13F2NO/c1-3-8(7-15)12(2,16)9-4-10(13)6-11(14)5-9/h4-6,8,16H,3H2,1-2H3. The Balaban J connectivity index is 3.21. The Bertz CT molecular complexity index is 403. The Morgan fingerprint density at radius 2 is 1.88 bits per heavy atom. The molecule has 1 aromatic rings. The maximum atomic E-state index is 13.0. The fraction of sp³-hybridized carbons (Fsp3) is 0.417. The fourth-order valence-corrected chi connectivity index (χ4v) is 1.66. The van der Waals surface area contributed by atoms with Crippen molar-refractivity contribution >= 4 is 0 Å². The van der Waals surface area contributed by atoms with Crippen molar-refractivity contribution in [2.75, 3.05) is 0 Å². The first-order chi connectivity index (χ1) is 7.41. The molecule has 0 aromatic heterocycles. The smallest absolute Gasteiger partial charge is 0.126 e. The van der Waals surface area contributed by atoms with Gasteiger partial charge >= 0.3 is 0 Å². The number of aliphatic hydroxyl groups is 1. The number of halogens is 2. The second-order valence-electron chi connectivity index (χ2n) is 3.90. The lowest BCUT2D eigenvalue weighted by Gasteiger charge is -2.28. The molecule has 0 radical (unpaired) electrons. The molecule has 0 amide bonds. The highest BCUT2D eigenvalue weighted by Gasteiger charge is 2.33. The first-order valence-corrected chi connectivity index (χ1v) is 5.00. The molecule has 16 heavy (non-hydrogen) atoms. The van der Waals surface area contributed by atoms with Crippen LogP contribution in [0.1, 0.15) is 25.8 Å². The highest BCUT2D eigenvalue weighted by Crippen LogP contribution is 2.31. The van der Waals surface area contributed by atoms with Crippen molar-refractivity contribution in [3.05, 3.63) is 35.4 Å². The number of nitriles is 1. The summed E-state index contributed by atoms with van der Waals surface area (Å²) in [5, 5.41) is 19.0. The van der Waals surface area contributed by atoms with Crippen LogP contribution in [0.4, 0.5) is 8.78 Å². The van der Waals surface area contributed by atoms with E-state index in [0.717, 1.165) is 18.2 Å². The van der Waals surface area contributed by atoms with Gasteiger partial charge in [-0.05, 0) is 31.0 Å². The molecule has 0 aliphatic carbocycles. The molecule has 2 atom stereocenters. The normalized spacial score (nSPS) is 16.2. The summed E-state index contributed by atoms with van der Waals surface area (Å²) in [5.41, 5.74) is -1.47. The zero-order valence-electron chi connectivity index (χ0n) is 9.17. The van der Waals surface area contributed by atoms with Gasteiger partial charge in [0.1, 0.15) is 17.2 Å². The molecule has 0 heterocycles. The van der Waals surface area contributed by atoms with Crippen molar-refractivity contribution in [3.63, 3.8) is 0 Å². The Morgan fingerprint density at radius 1 is 1.38 bits per heavy atom. The maximum Gasteiger partial charge on any atom is 0.126 e. The van der Waals surface area contributed by atoms with E-state index in [9.17, 15) is 13.9 Å². The van der Waals surface area contributed by atoms with E-state index in [1.165, 1.54) is 6.92 Å². The van der Waals surface area contributed by atoms with Crippen LogP contribution in [-0.4, -0.2) is 5.11 Å². The van der Waals surface area contributed by atoms with Gasteiger partial charge in [-0.25, -0.2) is 8.78 Å². The van der Waals surface area contributed by atoms with Crippen LogP contribution in [-0.2, 0) is 5.60 Å². The second-order valence-corrected chi connectivity index (χ2v) is 3.90. The van der Waals surface area contributed by atoms with Gasteiger partial charge in [-0.1, -0.05) is 6.92 Å². The first kappa shape index (κ1) is 12.6. The predicted molar refractivity (Wildman–Crippen MR) is 55.3 cm³/mol. The molecular weight excluding hydrogens is 212 g/mol. The van der Waals surface area contributed by atoms with E-state index >= 15 is 0 Å². The minimum Gasteiger partial charge on any atom is -0.384 e. The van der Waals surface area contributed by atoms with E-state index in [1.54, 1.807) is 6.92 Å². The van der Waals surface area contributed by atoms with E-state index < -0.39 is 23.2 Å². The van der Waals surface area contributed by atoms with Gasteiger partial charge in [-0.3, -0.25) is 0 Å². The van der Waals surface area contributed by atoms with Crippen molar-refractivity contribution in [1.82, 2.24) is 0 Å². The summed E-state index contributed by atoms with van der Waals surface area (Å²) in [6.07, 6.45) is 0.404. The second kappa shape index (κ2) is 4.58. The Morgan fingerprint density at radius 3 is 2.25 bits per heavy atom. The minimum absolute atomic E-state index is 0.0819. The van der Waals surface area contributed by atoms with Crippen molar-refractivity contribution in [2.24, 2.45) is 5.92 Å². The Kier molecular flexibility index (Phi) is 3.61. The highest BCUT2D eigenvalue weighted by molar-refractivity contribution is 5.26. The third kappa shape index (κ3) is 2.37.